The van der Waals surface area contributed by atoms with E-state index < -0.39 is 23.2 Å². The lowest BCUT2D eigenvalue weighted by Crippen LogP contribution is -2.56. The summed E-state index contributed by atoms with van der Waals surface area (Å²) < 4.78 is 11.1. The van der Waals surface area contributed by atoms with Gasteiger partial charge in [-0.1, -0.05) is 12.1 Å². The van der Waals surface area contributed by atoms with Gasteiger partial charge in [-0.3, -0.25) is 4.90 Å². The molecular weight excluding hydrogens is 422 g/mol. The van der Waals surface area contributed by atoms with E-state index in [1.54, 1.807) is 30.3 Å². The second kappa shape index (κ2) is 10.0. The number of hydrogen-bond acceptors (Lipinski definition) is 6. The lowest BCUT2D eigenvalue weighted by Gasteiger charge is -2.40. The highest BCUT2D eigenvalue weighted by atomic mass is 16.6. The number of carboxylic acid groups (broad SMARTS) is 1. The third-order valence-corrected chi connectivity index (χ3v) is 5.38. The quantitative estimate of drug-likeness (QED) is 0.613. The summed E-state index contributed by atoms with van der Waals surface area (Å²) in [6.45, 7) is 6.84. The zero-order valence-electron chi connectivity index (χ0n) is 19.5. The number of anilines is 1. The molecule has 0 spiro atoms. The van der Waals surface area contributed by atoms with Gasteiger partial charge in [0, 0.05) is 18.8 Å². The summed E-state index contributed by atoms with van der Waals surface area (Å²) in [4.78, 5) is 30.4. The van der Waals surface area contributed by atoms with Gasteiger partial charge in [-0.25, -0.2) is 14.6 Å². The number of hydrogen-bond donors (Lipinski definition) is 2. The normalized spacial score (nSPS) is 18.3. The van der Waals surface area contributed by atoms with Crippen molar-refractivity contribution in [2.45, 2.75) is 44.8 Å². The van der Waals surface area contributed by atoms with Crippen LogP contribution in [-0.4, -0.2) is 53.5 Å². The van der Waals surface area contributed by atoms with E-state index in [0.717, 1.165) is 30.4 Å². The fourth-order valence-corrected chi connectivity index (χ4v) is 3.91. The van der Waals surface area contributed by atoms with E-state index in [2.05, 4.69) is 10.3 Å². The Labute approximate surface area is 194 Å². The molecule has 0 saturated carbocycles. The number of carbonyl (C=O) groups is 2. The average molecular weight is 454 g/mol. The molecule has 1 fully saturated rings. The van der Waals surface area contributed by atoms with Crippen LogP contribution in [-0.2, 0) is 16.0 Å². The van der Waals surface area contributed by atoms with Crippen molar-refractivity contribution < 1.29 is 24.2 Å². The predicted molar refractivity (Wildman–Crippen MR) is 127 cm³/mol. The number of carbonyl (C=O) groups excluding carboxylic acids is 1. The first-order valence-electron chi connectivity index (χ1n) is 10.9. The molecule has 3 rings (SSSR count). The molecule has 1 aliphatic rings. The van der Waals surface area contributed by atoms with Gasteiger partial charge in [-0.05, 0) is 81.6 Å². The lowest BCUT2D eigenvalue weighted by molar-refractivity contribution is -0.131. The molecule has 0 aliphatic carbocycles. The zero-order valence-corrected chi connectivity index (χ0v) is 19.5. The van der Waals surface area contributed by atoms with Crippen LogP contribution in [0.5, 0.6) is 5.75 Å². The Balaban J connectivity index is 2.00. The van der Waals surface area contributed by atoms with Crippen molar-refractivity contribution in [3.63, 3.8) is 0 Å². The van der Waals surface area contributed by atoms with E-state index in [-0.39, 0.29) is 0 Å². The van der Waals surface area contributed by atoms with E-state index in [1.165, 1.54) is 6.08 Å². The monoisotopic (exact) mass is 453 g/mol. The van der Waals surface area contributed by atoms with E-state index in [0.29, 0.717) is 24.3 Å². The van der Waals surface area contributed by atoms with Crippen molar-refractivity contribution in [3.05, 3.63) is 59.8 Å². The van der Waals surface area contributed by atoms with Gasteiger partial charge < -0.3 is 19.9 Å². The maximum absolute atomic E-state index is 13.5. The Morgan fingerprint density at radius 3 is 2.45 bits per heavy atom. The average Bonchev–Trinajstić information content (AvgIpc) is 3.21. The molecule has 2 N–H and O–H groups in total. The van der Waals surface area contributed by atoms with E-state index >= 15 is 0 Å². The third kappa shape index (κ3) is 6.32. The predicted octanol–water partition coefficient (Wildman–Crippen LogP) is 3.90. The minimum atomic E-state index is -1.04. The number of amides is 1. The third-order valence-electron chi connectivity index (χ3n) is 5.38. The first kappa shape index (κ1) is 24.3. The lowest BCUT2D eigenvalue weighted by atomic mass is 9.88. The number of methoxy groups -OCH3 is 1. The van der Waals surface area contributed by atoms with Gasteiger partial charge in [-0.15, -0.1) is 0 Å². The van der Waals surface area contributed by atoms with Crippen LogP contribution in [0.15, 0.2) is 48.7 Å². The SMILES string of the molecule is COc1ccc(C[C@@]2(N(C(=O)OC(C)(C)C)c3ccc(/C=C/C(=O)O)cn3)CCNC2)cc1. The molecule has 0 bridgehead atoms. The highest BCUT2D eigenvalue weighted by Crippen LogP contribution is 2.34. The Morgan fingerprint density at radius 2 is 1.94 bits per heavy atom. The van der Waals surface area contributed by atoms with Gasteiger partial charge in [0.05, 0.1) is 12.6 Å². The summed E-state index contributed by atoms with van der Waals surface area (Å²) in [5, 5.41) is 12.2. The maximum atomic E-state index is 13.5. The first-order valence-corrected chi connectivity index (χ1v) is 10.9. The van der Waals surface area contributed by atoms with Gasteiger partial charge in [0.25, 0.3) is 0 Å². The van der Waals surface area contributed by atoms with Crippen molar-refractivity contribution in [3.8, 4) is 5.75 Å². The van der Waals surface area contributed by atoms with E-state index in [4.69, 9.17) is 14.6 Å². The molecule has 1 aliphatic heterocycles. The zero-order chi connectivity index (χ0) is 24.1. The molecule has 8 heteroatoms. The number of ether oxygens (including phenoxy) is 2. The number of carboxylic acids is 1. The van der Waals surface area contributed by atoms with Gasteiger partial charge in [0.15, 0.2) is 0 Å². The number of aliphatic carboxylic acids is 1. The van der Waals surface area contributed by atoms with Crippen molar-refractivity contribution in [1.29, 1.82) is 0 Å². The Kier molecular flexibility index (Phi) is 7.38. The van der Waals surface area contributed by atoms with Crippen molar-refractivity contribution >= 4 is 24.0 Å². The molecule has 2 heterocycles. The molecule has 1 amide bonds. The summed E-state index contributed by atoms with van der Waals surface area (Å²) in [7, 11) is 1.63. The summed E-state index contributed by atoms with van der Waals surface area (Å²) in [6.07, 6.45) is 4.92. The molecule has 2 aromatic rings. The van der Waals surface area contributed by atoms with Crippen LogP contribution >= 0.6 is 0 Å². The molecule has 0 radical (unpaired) electrons. The van der Waals surface area contributed by atoms with Crippen LogP contribution < -0.4 is 15.0 Å². The van der Waals surface area contributed by atoms with Gasteiger partial charge in [0.2, 0.25) is 0 Å². The number of pyridine rings is 1. The second-order valence-corrected chi connectivity index (χ2v) is 9.11. The number of aromatic nitrogens is 1. The first-order chi connectivity index (χ1) is 15.6. The highest BCUT2D eigenvalue weighted by Gasteiger charge is 2.45. The van der Waals surface area contributed by atoms with Gasteiger partial charge in [-0.2, -0.15) is 0 Å². The summed E-state index contributed by atoms with van der Waals surface area (Å²) in [5.41, 5.74) is 0.433. The van der Waals surface area contributed by atoms with Crippen LogP contribution in [0.25, 0.3) is 6.08 Å². The smallest absolute Gasteiger partial charge is 0.416 e. The number of benzene rings is 1. The topological polar surface area (TPSA) is 101 Å². The minimum absolute atomic E-state index is 0.453. The number of nitrogens with zero attached hydrogens (tertiary/aromatic N) is 2. The van der Waals surface area contributed by atoms with Gasteiger partial charge in [0.1, 0.15) is 17.2 Å². The Hall–Kier alpha value is -3.39. The molecule has 8 nitrogen and oxygen atoms in total. The van der Waals surface area contributed by atoms with E-state index in [1.807, 2.05) is 45.0 Å². The largest absolute Gasteiger partial charge is 0.497 e. The molecule has 1 atom stereocenters. The van der Waals surface area contributed by atoms with Crippen LogP contribution in [0.4, 0.5) is 10.6 Å². The minimum Gasteiger partial charge on any atom is -0.497 e. The second-order valence-electron chi connectivity index (χ2n) is 9.11. The Morgan fingerprint density at radius 1 is 1.21 bits per heavy atom. The van der Waals surface area contributed by atoms with Crippen molar-refractivity contribution in [1.82, 2.24) is 10.3 Å². The molecule has 1 saturated heterocycles. The van der Waals surface area contributed by atoms with Crippen LogP contribution in [0.2, 0.25) is 0 Å². The number of rotatable bonds is 7. The summed E-state index contributed by atoms with van der Waals surface area (Å²) in [5.74, 6) is 0.187. The van der Waals surface area contributed by atoms with Crippen molar-refractivity contribution in [2.75, 3.05) is 25.1 Å². The molecule has 176 valence electrons. The van der Waals surface area contributed by atoms with Crippen LogP contribution in [0.3, 0.4) is 0 Å². The van der Waals surface area contributed by atoms with E-state index in [9.17, 15) is 9.59 Å². The standard InChI is InChI=1S/C25H31N3O5/c1-24(2,3)33-23(31)28(21-11-7-19(16-27-21)8-12-22(29)30)25(13-14-26-17-25)15-18-5-9-20(32-4)10-6-18/h5-12,16,26H,13-15,17H2,1-4H3,(H,29,30)/b12-8+/t25-/m0/s1. The van der Waals surface area contributed by atoms with Gasteiger partial charge >= 0.3 is 12.1 Å². The molecule has 0 unspecified atom stereocenters. The Bertz CT molecular complexity index is 988. The number of nitrogens with one attached hydrogen (secondary N) is 1. The van der Waals surface area contributed by atoms with Crippen molar-refractivity contribution in [2.24, 2.45) is 0 Å². The maximum Gasteiger partial charge on any atom is 0.416 e. The van der Waals surface area contributed by atoms with Crippen LogP contribution in [0.1, 0.15) is 38.3 Å². The molecular formula is C25H31N3O5. The fourth-order valence-electron chi connectivity index (χ4n) is 3.91. The molecule has 1 aromatic heterocycles. The van der Waals surface area contributed by atoms with Crippen LogP contribution in [0, 0.1) is 0 Å². The highest BCUT2D eigenvalue weighted by molar-refractivity contribution is 5.89. The fraction of sp³-hybridized carbons (Fsp3) is 0.400. The summed E-state index contributed by atoms with van der Waals surface area (Å²) in [6, 6.07) is 11.3. The molecule has 33 heavy (non-hydrogen) atoms. The molecule has 1 aromatic carbocycles. The summed E-state index contributed by atoms with van der Waals surface area (Å²) >= 11 is 0.